The monoisotopic (exact) mass is 531 g/mol. The van der Waals surface area contributed by atoms with Crippen molar-refractivity contribution >= 4 is 69.3 Å². The van der Waals surface area contributed by atoms with E-state index in [0.29, 0.717) is 26.3 Å². The highest BCUT2D eigenvalue weighted by Crippen LogP contribution is 2.38. The molecule has 1 fully saturated rings. The maximum Gasteiger partial charge on any atom is 0.270 e. The van der Waals surface area contributed by atoms with E-state index >= 15 is 0 Å². The lowest BCUT2D eigenvalue weighted by atomic mass is 10.1. The first-order valence-electron chi connectivity index (χ1n) is 10.1. The summed E-state index contributed by atoms with van der Waals surface area (Å²) in [6.07, 6.45) is 3.73. The fraction of sp³-hybridized carbons (Fsp3) is 0.120. The number of hydrogen-bond donors (Lipinski definition) is 0. The highest BCUT2D eigenvalue weighted by Gasteiger charge is 2.33. The lowest BCUT2D eigenvalue weighted by Crippen LogP contribution is -2.27. The molecule has 3 aromatic rings. The van der Waals surface area contributed by atoms with Gasteiger partial charge < -0.3 is 9.47 Å². The smallest absolute Gasteiger partial charge is 0.270 e. The van der Waals surface area contributed by atoms with Crippen molar-refractivity contribution in [2.45, 2.75) is 11.5 Å². The molecule has 0 aliphatic carbocycles. The van der Waals surface area contributed by atoms with Crippen LogP contribution in [0.1, 0.15) is 11.1 Å². The summed E-state index contributed by atoms with van der Waals surface area (Å²) in [4.78, 5) is 16.2. The van der Waals surface area contributed by atoms with Crippen LogP contribution >= 0.6 is 47.3 Å². The Kier molecular flexibility index (Phi) is 7.83. The third kappa shape index (κ3) is 5.25. The van der Waals surface area contributed by atoms with Crippen molar-refractivity contribution in [2.75, 3.05) is 18.3 Å². The van der Waals surface area contributed by atoms with Crippen molar-refractivity contribution < 1.29 is 18.7 Å². The number of benzene rings is 3. The fourth-order valence-corrected chi connectivity index (χ4v) is 5.28. The van der Waals surface area contributed by atoms with E-state index in [1.165, 1.54) is 35.9 Å². The summed E-state index contributed by atoms with van der Waals surface area (Å²) < 4.78 is 25.8. The van der Waals surface area contributed by atoms with Gasteiger partial charge in [-0.1, -0.05) is 53.8 Å². The lowest BCUT2D eigenvalue weighted by molar-refractivity contribution is -0.113. The van der Waals surface area contributed by atoms with Gasteiger partial charge in [-0.2, -0.15) is 0 Å². The Bertz CT molecular complexity index is 1280. The Hall–Kier alpha value is -2.52. The zero-order valence-corrected chi connectivity index (χ0v) is 21.4. The van der Waals surface area contributed by atoms with Gasteiger partial charge in [-0.25, -0.2) is 4.39 Å². The van der Waals surface area contributed by atoms with Gasteiger partial charge in [0.2, 0.25) is 0 Å². The van der Waals surface area contributed by atoms with Crippen LogP contribution in [0.5, 0.6) is 11.5 Å². The first-order chi connectivity index (χ1) is 16.4. The molecule has 0 unspecified atom stereocenters. The first kappa shape index (κ1) is 24.6. The Morgan fingerprint density at radius 1 is 1.15 bits per heavy atom. The molecule has 1 aliphatic rings. The van der Waals surface area contributed by atoms with Crippen molar-refractivity contribution in [1.82, 2.24) is 0 Å². The van der Waals surface area contributed by atoms with Gasteiger partial charge in [-0.05, 0) is 60.4 Å². The molecule has 0 bridgehead atoms. The first-order valence-corrected chi connectivity index (χ1v) is 12.9. The summed E-state index contributed by atoms with van der Waals surface area (Å²) in [5.41, 5.74) is 1.71. The molecule has 4 nitrogen and oxygen atoms in total. The second kappa shape index (κ2) is 10.8. The van der Waals surface area contributed by atoms with Gasteiger partial charge in [0.05, 0.1) is 22.7 Å². The average Bonchev–Trinajstić information content (AvgIpc) is 3.11. The molecule has 4 rings (SSSR count). The quantitative estimate of drug-likeness (QED) is 0.182. The van der Waals surface area contributed by atoms with Crippen molar-refractivity contribution in [3.8, 4) is 11.5 Å². The van der Waals surface area contributed by atoms with Gasteiger partial charge in [-0.3, -0.25) is 9.69 Å². The Morgan fingerprint density at radius 3 is 2.68 bits per heavy atom. The summed E-state index contributed by atoms with van der Waals surface area (Å²) in [6.45, 7) is -0.0702. The zero-order valence-electron chi connectivity index (χ0n) is 18.2. The zero-order chi connectivity index (χ0) is 24.2. The van der Waals surface area contributed by atoms with Gasteiger partial charge >= 0.3 is 0 Å². The molecular weight excluding hydrogens is 513 g/mol. The Labute approximate surface area is 216 Å². The molecule has 0 spiro atoms. The number of thiocarbonyl (C=S) groups is 1. The summed E-state index contributed by atoms with van der Waals surface area (Å²) in [5, 5.41) is 0.282. The van der Waals surface area contributed by atoms with E-state index in [1.54, 1.807) is 36.0 Å². The molecule has 1 saturated heterocycles. The molecule has 9 heteroatoms. The fourth-order valence-electron chi connectivity index (χ4n) is 3.31. The van der Waals surface area contributed by atoms with E-state index in [1.807, 2.05) is 36.6 Å². The summed E-state index contributed by atoms with van der Waals surface area (Å²) in [7, 11) is 1.52. The molecule has 1 amide bonds. The third-order valence-electron chi connectivity index (χ3n) is 5.02. The molecule has 0 radical (unpaired) electrons. The van der Waals surface area contributed by atoms with E-state index in [-0.39, 0.29) is 23.1 Å². The standard InChI is InChI=1S/C25H19ClFNO3S3/c1-30-21-10-9-15(11-22(21)31-14-18-19(26)7-4-8-20(18)27)12-23-24(29)28(25(32)34-23)16-5-3-6-17(13-16)33-2/h3-13H,14H2,1-2H3/b23-12+. The van der Waals surface area contributed by atoms with Crippen LogP contribution in [0.2, 0.25) is 5.02 Å². The largest absolute Gasteiger partial charge is 0.493 e. The van der Waals surface area contributed by atoms with E-state index < -0.39 is 5.82 Å². The molecule has 34 heavy (non-hydrogen) atoms. The Balaban J connectivity index is 1.59. The van der Waals surface area contributed by atoms with Crippen molar-refractivity contribution in [3.63, 3.8) is 0 Å². The van der Waals surface area contributed by atoms with Gasteiger partial charge in [-0.15, -0.1) is 11.8 Å². The maximum atomic E-state index is 14.1. The number of ether oxygens (including phenoxy) is 2. The minimum atomic E-state index is -0.447. The van der Waals surface area contributed by atoms with Crippen LogP contribution in [-0.4, -0.2) is 23.6 Å². The topological polar surface area (TPSA) is 38.8 Å². The number of nitrogens with zero attached hydrogens (tertiary/aromatic N) is 1. The van der Waals surface area contributed by atoms with E-state index in [2.05, 4.69) is 0 Å². The highest BCUT2D eigenvalue weighted by molar-refractivity contribution is 8.27. The second-order valence-electron chi connectivity index (χ2n) is 7.12. The van der Waals surface area contributed by atoms with Gasteiger partial charge in [0.25, 0.3) is 5.91 Å². The Morgan fingerprint density at radius 2 is 1.94 bits per heavy atom. The minimum Gasteiger partial charge on any atom is -0.493 e. The molecule has 3 aromatic carbocycles. The number of rotatable bonds is 7. The molecule has 0 saturated carbocycles. The minimum absolute atomic E-state index is 0.0702. The van der Waals surface area contributed by atoms with Crippen LogP contribution in [0.3, 0.4) is 0 Å². The number of amides is 1. The van der Waals surface area contributed by atoms with Gasteiger partial charge in [0.1, 0.15) is 12.4 Å². The van der Waals surface area contributed by atoms with Crippen LogP contribution in [0.25, 0.3) is 6.08 Å². The number of hydrogen-bond acceptors (Lipinski definition) is 6. The molecule has 0 aromatic heterocycles. The normalized spacial score (nSPS) is 14.7. The third-order valence-corrected chi connectivity index (χ3v) is 7.41. The second-order valence-corrected chi connectivity index (χ2v) is 10.1. The van der Waals surface area contributed by atoms with Crippen LogP contribution in [0, 0.1) is 5.82 Å². The molecule has 0 N–H and O–H groups in total. The molecular formula is C25H19ClFNO3S3. The predicted molar refractivity (Wildman–Crippen MR) is 143 cm³/mol. The van der Waals surface area contributed by atoms with Crippen molar-refractivity contribution in [2.24, 2.45) is 0 Å². The van der Waals surface area contributed by atoms with E-state index in [0.717, 1.165) is 10.6 Å². The molecule has 1 aliphatic heterocycles. The van der Waals surface area contributed by atoms with Crippen LogP contribution < -0.4 is 14.4 Å². The summed E-state index contributed by atoms with van der Waals surface area (Å²) in [6, 6.07) is 17.4. The SMILES string of the molecule is COc1ccc(/C=C2/SC(=S)N(c3cccc(SC)c3)C2=O)cc1OCc1c(F)cccc1Cl. The lowest BCUT2D eigenvalue weighted by Gasteiger charge is -2.15. The number of halogens is 2. The number of methoxy groups -OCH3 is 1. The summed E-state index contributed by atoms with van der Waals surface area (Å²) >= 11 is 14.4. The highest BCUT2D eigenvalue weighted by atomic mass is 35.5. The van der Waals surface area contributed by atoms with Crippen molar-refractivity contribution in [1.29, 1.82) is 0 Å². The van der Waals surface area contributed by atoms with Gasteiger partial charge in [0, 0.05) is 10.5 Å². The number of thioether (sulfide) groups is 2. The van der Waals surface area contributed by atoms with Crippen LogP contribution in [0.15, 0.2) is 70.5 Å². The maximum absolute atomic E-state index is 14.1. The number of carbonyl (C=O) groups excluding carboxylic acids is 1. The number of anilines is 1. The van der Waals surface area contributed by atoms with E-state index in [4.69, 9.17) is 33.3 Å². The number of carbonyl (C=O) groups is 1. The molecule has 1 heterocycles. The van der Waals surface area contributed by atoms with Crippen LogP contribution in [0.4, 0.5) is 10.1 Å². The van der Waals surface area contributed by atoms with Gasteiger partial charge in [0.15, 0.2) is 15.8 Å². The average molecular weight is 532 g/mol. The predicted octanol–water partition coefficient (Wildman–Crippen LogP) is 7.19. The van der Waals surface area contributed by atoms with Crippen LogP contribution in [-0.2, 0) is 11.4 Å². The summed E-state index contributed by atoms with van der Waals surface area (Å²) in [5.74, 6) is 0.242. The van der Waals surface area contributed by atoms with E-state index in [9.17, 15) is 9.18 Å². The molecule has 174 valence electrons. The molecule has 0 atom stereocenters. The van der Waals surface area contributed by atoms with Crippen molar-refractivity contribution in [3.05, 3.63) is 87.5 Å².